The van der Waals surface area contributed by atoms with E-state index in [1.165, 1.54) is 19.3 Å². The second-order valence-electron chi connectivity index (χ2n) is 22.0. The number of carbonyl (C=O) groups excluding carboxylic acids is 2. The van der Waals surface area contributed by atoms with Crippen LogP contribution in [0.25, 0.3) is 0 Å². The lowest BCUT2D eigenvalue weighted by Gasteiger charge is -2.24. The Morgan fingerprint density at radius 2 is 0.628 bits per heavy atom. The minimum absolute atomic E-state index is 0.00813. The summed E-state index contributed by atoms with van der Waals surface area (Å²) in [5, 5.41) is 0. The van der Waals surface area contributed by atoms with Crippen LogP contribution >= 0.6 is 7.82 Å². The van der Waals surface area contributed by atoms with E-state index in [4.69, 9.17) is 18.5 Å². The Morgan fingerprint density at radius 1 is 0.360 bits per heavy atom. The molecule has 0 spiro atoms. The summed E-state index contributed by atoms with van der Waals surface area (Å²) in [6, 6.07) is 0. The predicted molar refractivity (Wildman–Crippen MR) is 371 cm³/mol. The number of hydrogen-bond acceptors (Lipinski definition) is 7. The van der Waals surface area contributed by atoms with Crippen LogP contribution in [0, 0.1) is 0 Å². The van der Waals surface area contributed by atoms with Gasteiger partial charge in [0.05, 0.1) is 27.7 Å². The zero-order valence-corrected chi connectivity index (χ0v) is 55.3. The van der Waals surface area contributed by atoms with E-state index in [1.54, 1.807) is 0 Å². The van der Waals surface area contributed by atoms with Crippen molar-refractivity contribution in [1.29, 1.82) is 0 Å². The summed E-state index contributed by atoms with van der Waals surface area (Å²) in [7, 11) is 1.41. The van der Waals surface area contributed by atoms with E-state index < -0.39 is 32.5 Å². The van der Waals surface area contributed by atoms with Gasteiger partial charge in [-0.1, -0.05) is 253 Å². The summed E-state index contributed by atoms with van der Waals surface area (Å²) in [6.45, 7) is 4.10. The van der Waals surface area contributed by atoms with Crippen molar-refractivity contribution in [3.05, 3.63) is 207 Å². The zero-order chi connectivity index (χ0) is 62.6. The smallest absolute Gasteiger partial charge is 0.462 e. The van der Waals surface area contributed by atoms with Gasteiger partial charge < -0.3 is 18.9 Å². The molecular formula is C76H119NO8P+. The molecule has 0 saturated carbocycles. The van der Waals surface area contributed by atoms with Crippen LogP contribution in [-0.4, -0.2) is 74.9 Å². The molecule has 2 atom stereocenters. The minimum Gasteiger partial charge on any atom is -0.462 e. The second-order valence-corrected chi connectivity index (χ2v) is 23.5. The Kier molecular flexibility index (Phi) is 60.0. The Morgan fingerprint density at radius 3 is 0.953 bits per heavy atom. The Hall–Kier alpha value is -5.41. The summed E-state index contributed by atoms with van der Waals surface area (Å²) in [6.07, 6.45) is 102. The number of hydrogen-bond donors (Lipinski definition) is 1. The first-order valence-electron chi connectivity index (χ1n) is 32.8. The SMILES string of the molecule is CC/C=C\C/C=C\C/C=C\C/C=C\C/C=C\C/C=C\C/C=C\C/C=C\C/C=C\C/C=C\CCCCC(=O)OC(COC(=O)CCCCCCCCC/C=C\C/C=C\C/C=C\C/C=C\C/C=C\C/C=C\C/C=C\CC)COP(=O)(O)OCC[N+](C)(C)C. The van der Waals surface area contributed by atoms with E-state index >= 15 is 0 Å². The summed E-state index contributed by atoms with van der Waals surface area (Å²) < 4.78 is 34.6. The molecule has 0 saturated heterocycles. The van der Waals surface area contributed by atoms with Gasteiger partial charge in [-0.3, -0.25) is 18.6 Å². The molecule has 2 unspecified atom stereocenters. The fourth-order valence-electron chi connectivity index (χ4n) is 7.84. The lowest BCUT2D eigenvalue weighted by Crippen LogP contribution is -2.37. The van der Waals surface area contributed by atoms with E-state index in [9.17, 15) is 19.0 Å². The molecule has 1 N–H and O–H groups in total. The first-order chi connectivity index (χ1) is 42.0. The molecule has 0 fully saturated rings. The van der Waals surface area contributed by atoms with Gasteiger partial charge in [-0.05, 0) is 148 Å². The fraction of sp³-hybridized carbons (Fsp3) is 0.526. The Balaban J connectivity index is 4.30. The summed E-state index contributed by atoms with van der Waals surface area (Å²) in [5.74, 6) is -0.881. The number of phosphoric acid groups is 1. The molecule has 480 valence electrons. The van der Waals surface area contributed by atoms with Gasteiger partial charge in [-0.2, -0.15) is 0 Å². The van der Waals surface area contributed by atoms with Crippen molar-refractivity contribution in [2.24, 2.45) is 0 Å². The molecule has 9 nitrogen and oxygen atoms in total. The summed E-state index contributed by atoms with van der Waals surface area (Å²) >= 11 is 0. The highest BCUT2D eigenvalue weighted by Crippen LogP contribution is 2.43. The molecule has 0 aliphatic rings. The van der Waals surface area contributed by atoms with Gasteiger partial charge in [0.2, 0.25) is 0 Å². The van der Waals surface area contributed by atoms with Gasteiger partial charge in [0, 0.05) is 12.8 Å². The predicted octanol–water partition coefficient (Wildman–Crippen LogP) is 21.5. The van der Waals surface area contributed by atoms with Gasteiger partial charge >= 0.3 is 19.8 Å². The molecule has 86 heavy (non-hydrogen) atoms. The molecule has 0 bridgehead atoms. The first kappa shape index (κ1) is 80.6. The average Bonchev–Trinajstić information content (AvgIpc) is 3.70. The van der Waals surface area contributed by atoms with Crippen LogP contribution in [0.3, 0.4) is 0 Å². The van der Waals surface area contributed by atoms with E-state index in [0.29, 0.717) is 23.9 Å². The third kappa shape index (κ3) is 67.7. The number of quaternary nitrogens is 1. The number of rotatable bonds is 57. The number of carbonyl (C=O) groups is 2. The van der Waals surface area contributed by atoms with E-state index in [2.05, 4.69) is 220 Å². The lowest BCUT2D eigenvalue weighted by atomic mass is 10.1. The number of allylic oxidation sites excluding steroid dienone is 34. The number of nitrogens with zero attached hydrogens (tertiary/aromatic N) is 1. The van der Waals surface area contributed by atoms with Gasteiger partial charge in [0.1, 0.15) is 19.8 Å². The second kappa shape index (κ2) is 64.1. The molecule has 0 heterocycles. The van der Waals surface area contributed by atoms with Crippen LogP contribution in [0.5, 0.6) is 0 Å². The van der Waals surface area contributed by atoms with Crippen molar-refractivity contribution in [1.82, 2.24) is 0 Å². The molecule has 0 aliphatic carbocycles. The molecule has 0 aromatic heterocycles. The fourth-order valence-corrected chi connectivity index (χ4v) is 8.59. The van der Waals surface area contributed by atoms with E-state index in [-0.39, 0.29) is 26.1 Å². The number of ether oxygens (including phenoxy) is 2. The van der Waals surface area contributed by atoms with Crippen LogP contribution in [0.1, 0.15) is 206 Å². The molecule has 0 rings (SSSR count). The molecule has 0 radical (unpaired) electrons. The maximum absolute atomic E-state index is 12.8. The van der Waals surface area contributed by atoms with Crippen molar-refractivity contribution < 1.29 is 42.1 Å². The largest absolute Gasteiger partial charge is 0.472 e. The first-order valence-corrected chi connectivity index (χ1v) is 34.3. The van der Waals surface area contributed by atoms with Crippen molar-refractivity contribution in [3.63, 3.8) is 0 Å². The Bertz CT molecular complexity index is 2200. The van der Waals surface area contributed by atoms with Gasteiger partial charge in [0.25, 0.3) is 0 Å². The van der Waals surface area contributed by atoms with Crippen molar-refractivity contribution in [2.75, 3.05) is 47.5 Å². The van der Waals surface area contributed by atoms with Gasteiger partial charge in [-0.25, -0.2) is 4.57 Å². The number of esters is 2. The third-order valence-electron chi connectivity index (χ3n) is 12.8. The third-order valence-corrected chi connectivity index (χ3v) is 13.8. The molecular weight excluding hydrogens is 1090 g/mol. The highest BCUT2D eigenvalue weighted by atomic mass is 31.2. The highest BCUT2D eigenvalue weighted by Gasteiger charge is 2.27. The lowest BCUT2D eigenvalue weighted by molar-refractivity contribution is -0.870. The summed E-state index contributed by atoms with van der Waals surface area (Å²) in [4.78, 5) is 35.8. The van der Waals surface area contributed by atoms with Crippen LogP contribution in [0.4, 0.5) is 0 Å². The number of likely N-dealkylation sites (N-methyl/N-ethyl adjacent to an activating group) is 1. The molecule has 0 aliphatic heterocycles. The number of phosphoric ester groups is 1. The van der Waals surface area contributed by atoms with Crippen LogP contribution in [0.2, 0.25) is 0 Å². The van der Waals surface area contributed by atoms with Crippen LogP contribution in [0.15, 0.2) is 207 Å². The van der Waals surface area contributed by atoms with Crippen molar-refractivity contribution in [2.45, 2.75) is 213 Å². The van der Waals surface area contributed by atoms with Gasteiger partial charge in [-0.15, -0.1) is 0 Å². The molecule has 0 aromatic carbocycles. The monoisotopic (exact) mass is 1200 g/mol. The highest BCUT2D eigenvalue weighted by molar-refractivity contribution is 7.47. The molecule has 0 aromatic rings. The van der Waals surface area contributed by atoms with E-state index in [1.807, 2.05) is 21.1 Å². The quantitative estimate of drug-likeness (QED) is 0.0211. The zero-order valence-electron chi connectivity index (χ0n) is 54.4. The maximum atomic E-state index is 12.8. The van der Waals surface area contributed by atoms with Crippen LogP contribution in [-0.2, 0) is 32.7 Å². The van der Waals surface area contributed by atoms with Crippen molar-refractivity contribution >= 4 is 19.8 Å². The minimum atomic E-state index is -4.42. The normalized spacial score (nSPS) is 14.5. The standard InChI is InChI=1S/C76H118NO8P/c1-6-8-10-12-14-16-18-20-22-24-26-28-30-32-34-36-37-38-39-41-43-45-47-49-51-53-55-57-59-61-63-65-67-69-76(79)85-74(73-84-86(80,81)83-71-70-77(3,4)5)72-82-75(78)68-66-64-62-60-58-56-54-52-50-48-46-44-42-40-35-33-31-29-27-25-23-21-19-17-15-13-11-9-7-2/h8-11,14-17,20-23,26-29,32-35,37-38,41-44,47-50,53,55,59,61,74H,6-7,12-13,18-19,24-25,30-31,36,39-40,45-46,51-52,54,56-58,60,62-73H2,1-5H3/p+1/b10-8-,11-9-,16-14-,17-15-,22-20-,23-21-,28-26-,29-27-,34-32-,35-33-,38-37-,43-41-,44-42-,49-47-,50-48-,55-53-,61-59-. The van der Waals surface area contributed by atoms with Crippen LogP contribution < -0.4 is 0 Å². The topological polar surface area (TPSA) is 108 Å². The van der Waals surface area contributed by atoms with Crippen molar-refractivity contribution in [3.8, 4) is 0 Å². The number of unbranched alkanes of at least 4 members (excludes halogenated alkanes) is 9. The Labute approximate surface area is 525 Å². The average molecular weight is 1210 g/mol. The molecule has 0 amide bonds. The van der Waals surface area contributed by atoms with E-state index in [0.717, 1.165) is 148 Å². The van der Waals surface area contributed by atoms with Gasteiger partial charge in [0.15, 0.2) is 6.10 Å². The summed E-state index contributed by atoms with van der Waals surface area (Å²) in [5.41, 5.74) is 0. The maximum Gasteiger partial charge on any atom is 0.472 e. The molecule has 10 heteroatoms.